The Hall–Kier alpha value is -7.41. The van der Waals surface area contributed by atoms with E-state index in [0.717, 1.165) is 55.4 Å². The Morgan fingerprint density at radius 3 is 1.95 bits per heavy atom. The molecule has 12 aromatic rings. The second-order valence-corrected chi connectivity index (χ2v) is 15.4. The zero-order valence-corrected chi connectivity index (χ0v) is 31.2. The molecular weight excluding hydrogens is 717 g/mol. The predicted molar refractivity (Wildman–Crippen MR) is 236 cm³/mol. The number of benzene rings is 8. The first kappa shape index (κ1) is 31.9. The summed E-state index contributed by atoms with van der Waals surface area (Å²) in [6.45, 7) is 0. The second kappa shape index (κ2) is 12.6. The summed E-state index contributed by atoms with van der Waals surface area (Å²) in [7, 11) is 0. The first-order chi connectivity index (χ1) is 28.2. The van der Waals surface area contributed by atoms with Crippen molar-refractivity contribution in [2.45, 2.75) is 0 Å². The summed E-state index contributed by atoms with van der Waals surface area (Å²) in [4.78, 5) is 15.3. The maximum atomic E-state index is 6.25. The van der Waals surface area contributed by atoms with Crippen LogP contribution in [0.15, 0.2) is 186 Å². The van der Waals surface area contributed by atoms with E-state index in [2.05, 4.69) is 126 Å². The van der Waals surface area contributed by atoms with Crippen LogP contribution in [-0.4, -0.2) is 19.5 Å². The molecule has 0 aliphatic rings. The van der Waals surface area contributed by atoms with E-state index >= 15 is 0 Å². The van der Waals surface area contributed by atoms with Gasteiger partial charge in [0.2, 0.25) is 0 Å². The van der Waals surface area contributed by atoms with Crippen molar-refractivity contribution in [2.24, 2.45) is 0 Å². The molecule has 8 aromatic carbocycles. The van der Waals surface area contributed by atoms with Crippen LogP contribution in [0.3, 0.4) is 0 Å². The zero-order chi connectivity index (χ0) is 37.5. The van der Waals surface area contributed by atoms with Gasteiger partial charge in [0.1, 0.15) is 11.2 Å². The molecule has 0 aliphatic heterocycles. The molecule has 4 aromatic heterocycles. The molecule has 0 amide bonds. The zero-order valence-electron chi connectivity index (χ0n) is 30.4. The fourth-order valence-corrected chi connectivity index (χ4v) is 9.74. The van der Waals surface area contributed by atoms with E-state index in [0.29, 0.717) is 17.5 Å². The smallest absolute Gasteiger partial charge is 0.164 e. The number of para-hydroxylation sites is 2. The summed E-state index contributed by atoms with van der Waals surface area (Å²) in [5.74, 6) is 1.82. The minimum Gasteiger partial charge on any atom is -0.456 e. The number of furan rings is 1. The Kier molecular flexibility index (Phi) is 7.03. The van der Waals surface area contributed by atoms with Crippen LogP contribution in [0.4, 0.5) is 0 Å². The summed E-state index contributed by atoms with van der Waals surface area (Å²) < 4.78 is 11.3. The van der Waals surface area contributed by atoms with Crippen LogP contribution in [0.25, 0.3) is 115 Å². The van der Waals surface area contributed by atoms with E-state index in [1.165, 1.54) is 42.0 Å². The lowest BCUT2D eigenvalue weighted by Crippen LogP contribution is -2.00. The maximum absolute atomic E-state index is 6.25. The van der Waals surface area contributed by atoms with Gasteiger partial charge >= 0.3 is 0 Å². The van der Waals surface area contributed by atoms with Crippen molar-refractivity contribution in [1.82, 2.24) is 19.5 Å². The fraction of sp³-hybridized carbons (Fsp3) is 0. The quantitative estimate of drug-likeness (QED) is 0.176. The Labute approximate surface area is 330 Å². The van der Waals surface area contributed by atoms with Crippen molar-refractivity contribution < 1.29 is 4.42 Å². The van der Waals surface area contributed by atoms with E-state index in [9.17, 15) is 0 Å². The molecule has 0 atom stereocenters. The van der Waals surface area contributed by atoms with Gasteiger partial charge in [0, 0.05) is 64.1 Å². The normalized spacial score (nSPS) is 11.9. The van der Waals surface area contributed by atoms with E-state index in [1.807, 2.05) is 72.0 Å². The van der Waals surface area contributed by atoms with Crippen LogP contribution in [0.2, 0.25) is 0 Å². The van der Waals surface area contributed by atoms with E-state index in [4.69, 9.17) is 19.4 Å². The molecule has 0 saturated carbocycles. The third-order valence-electron chi connectivity index (χ3n) is 11.0. The molecule has 0 spiro atoms. The topological polar surface area (TPSA) is 56.7 Å². The van der Waals surface area contributed by atoms with E-state index in [-0.39, 0.29) is 0 Å². The summed E-state index contributed by atoms with van der Waals surface area (Å²) in [5, 5.41) is 7.21. The molecule has 0 N–H and O–H groups in total. The molecule has 0 unspecified atom stereocenters. The van der Waals surface area contributed by atoms with Crippen LogP contribution in [0.1, 0.15) is 0 Å². The van der Waals surface area contributed by atoms with Gasteiger partial charge in [-0.3, -0.25) is 0 Å². The van der Waals surface area contributed by atoms with Gasteiger partial charge < -0.3 is 8.98 Å². The molecule has 4 heterocycles. The number of thiophene rings is 1. The van der Waals surface area contributed by atoms with Crippen LogP contribution in [0.5, 0.6) is 0 Å². The molecular formula is C51H30N4OS. The Balaban J connectivity index is 1.01. The average Bonchev–Trinajstić information content (AvgIpc) is 3.96. The minimum absolute atomic E-state index is 0.600. The van der Waals surface area contributed by atoms with Gasteiger partial charge in [-0.2, -0.15) is 0 Å². The first-order valence-corrected chi connectivity index (χ1v) is 19.8. The highest BCUT2D eigenvalue weighted by Crippen LogP contribution is 2.44. The van der Waals surface area contributed by atoms with Crippen molar-refractivity contribution in [3.8, 4) is 51.0 Å². The van der Waals surface area contributed by atoms with Crippen LogP contribution in [0, 0.1) is 0 Å². The van der Waals surface area contributed by atoms with Crippen molar-refractivity contribution in [2.75, 3.05) is 0 Å². The maximum Gasteiger partial charge on any atom is 0.164 e. The Morgan fingerprint density at radius 1 is 0.404 bits per heavy atom. The molecule has 0 saturated heterocycles. The molecule has 266 valence electrons. The van der Waals surface area contributed by atoms with Crippen molar-refractivity contribution >= 4 is 75.3 Å². The Bertz CT molecular complexity index is 3540. The highest BCUT2D eigenvalue weighted by Gasteiger charge is 2.20. The van der Waals surface area contributed by atoms with Gasteiger partial charge in [-0.25, -0.2) is 15.0 Å². The van der Waals surface area contributed by atoms with Gasteiger partial charge in [0.25, 0.3) is 0 Å². The van der Waals surface area contributed by atoms with Gasteiger partial charge in [-0.15, -0.1) is 11.3 Å². The monoisotopic (exact) mass is 746 g/mol. The number of hydrogen-bond donors (Lipinski definition) is 0. The molecule has 57 heavy (non-hydrogen) atoms. The number of rotatable bonds is 5. The van der Waals surface area contributed by atoms with Crippen LogP contribution < -0.4 is 0 Å². The van der Waals surface area contributed by atoms with Gasteiger partial charge in [0.15, 0.2) is 17.5 Å². The number of aromatic nitrogens is 4. The molecule has 6 heteroatoms. The van der Waals surface area contributed by atoms with Gasteiger partial charge in [-0.05, 0) is 59.7 Å². The second-order valence-electron chi connectivity index (χ2n) is 14.4. The number of fused-ring (bicyclic) bond motifs is 10. The highest BCUT2D eigenvalue weighted by atomic mass is 32.1. The molecule has 0 radical (unpaired) electrons. The molecule has 5 nitrogen and oxygen atoms in total. The lowest BCUT2D eigenvalue weighted by molar-refractivity contribution is 0.669. The number of nitrogens with zero attached hydrogens (tertiary/aromatic N) is 4. The largest absolute Gasteiger partial charge is 0.456 e. The summed E-state index contributed by atoms with van der Waals surface area (Å²) in [6.07, 6.45) is 0. The lowest BCUT2D eigenvalue weighted by Gasteiger charge is -2.12. The van der Waals surface area contributed by atoms with E-state index in [1.54, 1.807) is 0 Å². The fourth-order valence-electron chi connectivity index (χ4n) is 8.48. The molecule has 0 aliphatic carbocycles. The standard InChI is InChI=1S/C51H30N4OS/c1-2-13-31(14-3-1)49-52-50(54-51(53-49)40-22-12-25-44-46(40)39-21-5-8-24-43(39)56-44)34-17-10-15-32(29-34)33-16-11-18-35(30-33)55-41-23-7-4-20-38(41)47-42(55)28-27-37-36-19-6-9-26-45(36)57-48(37)47/h1-30H. The van der Waals surface area contributed by atoms with Gasteiger partial charge in [-0.1, -0.05) is 133 Å². The van der Waals surface area contributed by atoms with Gasteiger partial charge in [0.05, 0.1) is 11.0 Å². The van der Waals surface area contributed by atoms with Crippen molar-refractivity contribution in [1.29, 1.82) is 0 Å². The van der Waals surface area contributed by atoms with Crippen LogP contribution >= 0.6 is 11.3 Å². The predicted octanol–water partition coefficient (Wildman–Crippen LogP) is 13.9. The van der Waals surface area contributed by atoms with Crippen molar-refractivity contribution in [3.05, 3.63) is 182 Å². The Morgan fingerprint density at radius 2 is 1.05 bits per heavy atom. The number of hydrogen-bond acceptors (Lipinski definition) is 5. The van der Waals surface area contributed by atoms with Crippen molar-refractivity contribution in [3.63, 3.8) is 0 Å². The summed E-state index contributed by atoms with van der Waals surface area (Å²) in [5.41, 5.74) is 10.1. The molecule has 0 bridgehead atoms. The van der Waals surface area contributed by atoms with E-state index < -0.39 is 0 Å². The molecule has 0 fully saturated rings. The minimum atomic E-state index is 0.600. The van der Waals surface area contributed by atoms with Crippen LogP contribution in [-0.2, 0) is 0 Å². The lowest BCUT2D eigenvalue weighted by atomic mass is 10.0. The summed E-state index contributed by atoms with van der Waals surface area (Å²) >= 11 is 1.88. The molecule has 12 rings (SSSR count). The first-order valence-electron chi connectivity index (χ1n) is 19.0. The third-order valence-corrected chi connectivity index (χ3v) is 12.3. The average molecular weight is 747 g/mol. The third kappa shape index (κ3) is 5.04. The highest BCUT2D eigenvalue weighted by molar-refractivity contribution is 7.26. The SMILES string of the molecule is c1ccc(-c2nc(-c3cccc(-c4cccc(-n5c6ccccc6c6c7sc8ccccc8c7ccc65)c4)c3)nc(-c3cccc4oc5ccccc5c34)n2)cc1. The summed E-state index contributed by atoms with van der Waals surface area (Å²) in [6, 6.07) is 63.7.